The van der Waals surface area contributed by atoms with Crippen molar-refractivity contribution in [3.05, 3.63) is 34.4 Å². The van der Waals surface area contributed by atoms with Crippen LogP contribution < -0.4 is 104 Å². The summed E-state index contributed by atoms with van der Waals surface area (Å²) < 4.78 is 0. The van der Waals surface area contributed by atoms with Crippen LogP contribution >= 0.6 is 0 Å². The van der Waals surface area contributed by atoms with E-state index in [2.05, 4.69) is 0 Å². The summed E-state index contributed by atoms with van der Waals surface area (Å²) >= 11 is 0. The summed E-state index contributed by atoms with van der Waals surface area (Å²) in [4.78, 5) is 32.4. The first-order valence-electron chi connectivity index (χ1n) is 4.70. The summed E-state index contributed by atoms with van der Waals surface area (Å²) in [7, 11) is 0. The van der Waals surface area contributed by atoms with Crippen LogP contribution in [0.4, 0.5) is 0 Å². The van der Waals surface area contributed by atoms with Crippen molar-refractivity contribution in [2.24, 2.45) is 0 Å². The van der Waals surface area contributed by atoms with E-state index in [-0.39, 0.29) is 101 Å². The molecule has 0 aliphatic rings. The molecular formula is C11H7Na3O6. The Bertz CT molecular complexity index is 515. The third kappa shape index (κ3) is 5.79. The van der Waals surface area contributed by atoms with E-state index >= 15 is 0 Å². The fourth-order valence-electron chi connectivity index (χ4n) is 1.56. The average Bonchev–Trinajstić information content (AvgIpc) is 2.26. The van der Waals surface area contributed by atoms with Gasteiger partial charge in [-0.15, -0.1) is 0 Å². The molecule has 90 valence electrons. The molecule has 6 nitrogen and oxygen atoms in total. The Morgan fingerprint density at radius 1 is 0.850 bits per heavy atom. The molecule has 0 aliphatic carbocycles. The van der Waals surface area contributed by atoms with Crippen molar-refractivity contribution in [2.45, 2.75) is 13.3 Å². The third-order valence-electron chi connectivity index (χ3n) is 2.30. The van der Waals surface area contributed by atoms with E-state index < -0.39 is 34.6 Å². The van der Waals surface area contributed by atoms with Crippen molar-refractivity contribution in [1.82, 2.24) is 0 Å². The van der Waals surface area contributed by atoms with Gasteiger partial charge < -0.3 is 29.7 Å². The number of hydrogen-bond donors (Lipinski definition) is 0. The number of carbonyl (C=O) groups is 3. The van der Waals surface area contributed by atoms with E-state index in [9.17, 15) is 29.7 Å². The molecule has 1 rings (SSSR count). The van der Waals surface area contributed by atoms with Gasteiger partial charge in [0.15, 0.2) is 0 Å². The number of hydrogen-bond acceptors (Lipinski definition) is 6. The van der Waals surface area contributed by atoms with Gasteiger partial charge in [0.25, 0.3) is 0 Å². The van der Waals surface area contributed by atoms with Gasteiger partial charge in [0, 0.05) is 16.7 Å². The summed E-state index contributed by atoms with van der Waals surface area (Å²) in [5.74, 6) is -5.43. The predicted molar refractivity (Wildman–Crippen MR) is 48.8 cm³/mol. The molecule has 0 aliphatic heterocycles. The van der Waals surface area contributed by atoms with Crippen LogP contribution in [0.5, 0.6) is 0 Å². The minimum Gasteiger partial charge on any atom is -0.545 e. The summed E-state index contributed by atoms with van der Waals surface area (Å²) in [6.07, 6.45) is 0.219. The predicted octanol–water partition coefficient (Wildman–Crippen LogP) is -11.6. The fourth-order valence-corrected chi connectivity index (χ4v) is 1.56. The van der Waals surface area contributed by atoms with Gasteiger partial charge in [0.2, 0.25) is 0 Å². The Morgan fingerprint density at radius 3 is 1.60 bits per heavy atom. The molecule has 0 atom stereocenters. The van der Waals surface area contributed by atoms with Gasteiger partial charge in [-0.2, -0.15) is 0 Å². The first-order valence-corrected chi connectivity index (χ1v) is 4.70. The zero-order chi connectivity index (χ0) is 13.2. The molecule has 20 heavy (non-hydrogen) atoms. The first-order chi connectivity index (χ1) is 7.90. The molecule has 0 saturated heterocycles. The Balaban J connectivity index is -0.000000963. The summed E-state index contributed by atoms with van der Waals surface area (Å²) in [5.41, 5.74) is -2.16. The Hall–Kier alpha value is 0.630. The number of rotatable bonds is 4. The Kier molecular flexibility index (Phi) is 14.4. The smallest absolute Gasteiger partial charge is 0.545 e. The van der Waals surface area contributed by atoms with Gasteiger partial charge in [0.1, 0.15) is 0 Å². The van der Waals surface area contributed by atoms with Crippen LogP contribution in [0.25, 0.3) is 0 Å². The molecule has 9 heteroatoms. The van der Waals surface area contributed by atoms with Gasteiger partial charge in [-0.3, -0.25) is 0 Å². The minimum absolute atomic E-state index is 0. The quantitative estimate of drug-likeness (QED) is 0.509. The van der Waals surface area contributed by atoms with Crippen LogP contribution in [0.2, 0.25) is 0 Å². The molecule has 0 fully saturated rings. The fraction of sp³-hybridized carbons (Fsp3) is 0.182. The van der Waals surface area contributed by atoms with Crippen LogP contribution in [0.1, 0.15) is 43.6 Å². The van der Waals surface area contributed by atoms with E-state index in [1.807, 2.05) is 0 Å². The van der Waals surface area contributed by atoms with Crippen molar-refractivity contribution >= 4 is 17.9 Å². The molecule has 0 bridgehead atoms. The number of carbonyl (C=O) groups excluding carboxylic acids is 3. The van der Waals surface area contributed by atoms with Crippen molar-refractivity contribution in [2.75, 3.05) is 0 Å². The number of carboxylic acid groups (broad SMARTS) is 3. The minimum atomic E-state index is -1.89. The number of benzene rings is 1. The van der Waals surface area contributed by atoms with E-state index in [0.717, 1.165) is 6.07 Å². The molecule has 0 aromatic heterocycles. The molecule has 0 spiro atoms. The second kappa shape index (κ2) is 11.2. The van der Waals surface area contributed by atoms with Crippen LogP contribution in [-0.2, 0) is 6.42 Å². The number of aromatic carboxylic acids is 3. The second-order valence-electron chi connectivity index (χ2n) is 3.24. The maximum atomic E-state index is 10.9. The molecule has 0 radical (unpaired) electrons. The van der Waals surface area contributed by atoms with Gasteiger partial charge in [-0.05, 0) is 12.0 Å². The van der Waals surface area contributed by atoms with Crippen LogP contribution in [0.15, 0.2) is 12.1 Å². The number of carboxylic acids is 3. The molecule has 0 heterocycles. The van der Waals surface area contributed by atoms with E-state index in [0.29, 0.717) is 0 Å². The Labute approximate surface area is 181 Å². The monoisotopic (exact) mass is 304 g/mol. The van der Waals surface area contributed by atoms with E-state index in [1.165, 1.54) is 6.07 Å². The zero-order valence-electron chi connectivity index (χ0n) is 11.8. The van der Waals surface area contributed by atoms with Gasteiger partial charge in [0.05, 0.1) is 17.9 Å². The molecule has 1 aromatic rings. The molecule has 1 aromatic carbocycles. The zero-order valence-corrected chi connectivity index (χ0v) is 17.8. The summed E-state index contributed by atoms with van der Waals surface area (Å²) in [5, 5.41) is 32.4. The molecule has 0 unspecified atom stereocenters. The van der Waals surface area contributed by atoms with Crippen molar-refractivity contribution in [3.8, 4) is 0 Å². The van der Waals surface area contributed by atoms with Crippen LogP contribution in [0.3, 0.4) is 0 Å². The Morgan fingerprint density at radius 2 is 1.30 bits per heavy atom. The van der Waals surface area contributed by atoms with Crippen LogP contribution in [0, 0.1) is 0 Å². The van der Waals surface area contributed by atoms with Crippen LogP contribution in [-0.4, -0.2) is 17.9 Å². The normalized spacial score (nSPS) is 8.45. The third-order valence-corrected chi connectivity index (χ3v) is 2.30. The van der Waals surface area contributed by atoms with Gasteiger partial charge in [-0.25, -0.2) is 0 Å². The summed E-state index contributed by atoms with van der Waals surface area (Å²) in [6.45, 7) is 1.60. The van der Waals surface area contributed by atoms with Gasteiger partial charge >= 0.3 is 88.7 Å². The second-order valence-corrected chi connectivity index (χ2v) is 3.24. The molecule has 0 amide bonds. The maximum absolute atomic E-state index is 10.9. The maximum Gasteiger partial charge on any atom is 1.00 e. The topological polar surface area (TPSA) is 120 Å². The van der Waals surface area contributed by atoms with Crippen molar-refractivity contribution in [1.29, 1.82) is 0 Å². The van der Waals surface area contributed by atoms with Crippen molar-refractivity contribution < 1.29 is 118 Å². The van der Waals surface area contributed by atoms with Gasteiger partial charge in [-0.1, -0.05) is 19.1 Å². The standard InChI is InChI=1S/C11H10O6.3Na/c1-2-5-3-4-6(9(12)13)8(11(16)17)7(5)10(14)15;;;/h3-4H,2H2,1H3,(H,12,13)(H,14,15)(H,16,17);;;/q;3*+1/p-3. The summed E-state index contributed by atoms with van der Waals surface area (Å²) in [6, 6.07) is 2.19. The van der Waals surface area contributed by atoms with E-state index in [1.54, 1.807) is 6.92 Å². The average molecular weight is 304 g/mol. The largest absolute Gasteiger partial charge is 1.00 e. The molecule has 0 saturated carbocycles. The SMILES string of the molecule is CCc1ccc(C(=O)[O-])c(C(=O)[O-])c1C(=O)[O-].[Na+].[Na+].[Na+]. The first kappa shape index (κ1) is 25.6. The molecule has 0 N–H and O–H groups in total. The van der Waals surface area contributed by atoms with E-state index in [4.69, 9.17) is 0 Å². The molecular weight excluding hydrogens is 297 g/mol. The number of aryl methyl sites for hydroxylation is 1. The van der Waals surface area contributed by atoms with Crippen molar-refractivity contribution in [3.63, 3.8) is 0 Å².